The van der Waals surface area contributed by atoms with Crippen LogP contribution in [0.1, 0.15) is 71.3 Å². The monoisotopic (exact) mass is 436 g/mol. The second kappa shape index (κ2) is 8.13. The van der Waals surface area contributed by atoms with Crippen molar-refractivity contribution in [2.45, 2.75) is 84.5 Å². The van der Waals surface area contributed by atoms with Crippen LogP contribution in [0.2, 0.25) is 0 Å². The Bertz CT molecular complexity index is 921. The van der Waals surface area contributed by atoms with Crippen molar-refractivity contribution in [1.82, 2.24) is 0 Å². The average Bonchev–Trinajstić information content (AvgIpc) is 3.10. The maximum absolute atomic E-state index is 13.5. The van der Waals surface area contributed by atoms with E-state index in [1.807, 2.05) is 12.1 Å². The van der Waals surface area contributed by atoms with Gasteiger partial charge in [0, 0.05) is 19.3 Å². The van der Waals surface area contributed by atoms with Crippen molar-refractivity contribution in [2.75, 3.05) is 0 Å². The van der Waals surface area contributed by atoms with E-state index in [0.29, 0.717) is 24.2 Å². The van der Waals surface area contributed by atoms with Crippen molar-refractivity contribution < 1.29 is 19.1 Å². The Balaban J connectivity index is 1.35. The van der Waals surface area contributed by atoms with Crippen LogP contribution in [0.15, 0.2) is 42.0 Å². The van der Waals surface area contributed by atoms with Crippen LogP contribution in [0.3, 0.4) is 0 Å². The molecule has 1 aromatic carbocycles. The summed E-state index contributed by atoms with van der Waals surface area (Å²) in [6, 6.07) is 10.4. The fourth-order valence-corrected chi connectivity index (χ4v) is 7.70. The van der Waals surface area contributed by atoms with Crippen LogP contribution in [0.5, 0.6) is 0 Å². The van der Waals surface area contributed by atoms with E-state index in [1.165, 1.54) is 18.1 Å². The lowest BCUT2D eigenvalue weighted by Gasteiger charge is -2.57. The van der Waals surface area contributed by atoms with Crippen molar-refractivity contribution in [1.29, 1.82) is 0 Å². The number of rotatable bonds is 4. The Hall–Kier alpha value is -1.94. The molecule has 7 atom stereocenters. The number of hydrogen-bond donors (Lipinski definition) is 0. The Kier molecular flexibility index (Phi) is 5.56. The van der Waals surface area contributed by atoms with E-state index in [1.54, 1.807) is 0 Å². The highest BCUT2D eigenvalue weighted by molar-refractivity contribution is 5.94. The number of allylic oxidation sites excluding steroid dienone is 1. The van der Waals surface area contributed by atoms with Crippen LogP contribution in [0.25, 0.3) is 0 Å². The van der Waals surface area contributed by atoms with E-state index >= 15 is 0 Å². The number of ketones is 1. The molecule has 0 heterocycles. The molecular weight excluding hydrogens is 400 g/mol. The molecule has 4 aliphatic rings. The quantitative estimate of drug-likeness (QED) is 0.573. The minimum absolute atomic E-state index is 0.0551. The summed E-state index contributed by atoms with van der Waals surface area (Å²) in [4.78, 5) is 25.0. The van der Waals surface area contributed by atoms with Crippen molar-refractivity contribution in [3.05, 3.63) is 47.5 Å². The number of benzene rings is 1. The Morgan fingerprint density at radius 3 is 2.56 bits per heavy atom. The van der Waals surface area contributed by atoms with Gasteiger partial charge in [0.25, 0.3) is 0 Å². The SMILES string of the molecule is CC(=O)O[C@@H]1CC[C@@]2(C)C(=CC(=O)[C@H]3[C@@H]4CC[C@@H](OCc5ccccc5)[C@@]4(C)CC[C@@H]32)C1. The predicted octanol–water partition coefficient (Wildman–Crippen LogP) is 5.65. The zero-order valence-electron chi connectivity index (χ0n) is 19.6. The first-order valence-electron chi connectivity index (χ1n) is 12.4. The van der Waals surface area contributed by atoms with Gasteiger partial charge >= 0.3 is 5.97 Å². The lowest BCUT2D eigenvalue weighted by atomic mass is 9.47. The first-order valence-corrected chi connectivity index (χ1v) is 12.4. The third-order valence-electron chi connectivity index (χ3n) is 9.44. The summed E-state index contributed by atoms with van der Waals surface area (Å²) >= 11 is 0. The van der Waals surface area contributed by atoms with E-state index in [0.717, 1.165) is 44.9 Å². The Labute approximate surface area is 191 Å². The van der Waals surface area contributed by atoms with Gasteiger partial charge in [0.1, 0.15) is 6.10 Å². The number of hydrogen-bond acceptors (Lipinski definition) is 4. The molecule has 0 N–H and O–H groups in total. The molecule has 1 aromatic rings. The highest BCUT2D eigenvalue weighted by atomic mass is 16.5. The molecule has 172 valence electrons. The van der Waals surface area contributed by atoms with Gasteiger partial charge in [0.05, 0.1) is 12.7 Å². The first kappa shape index (κ1) is 21.9. The van der Waals surface area contributed by atoms with Crippen LogP contribution < -0.4 is 0 Å². The standard InChI is InChI=1S/C28H36O4/c1-18(29)32-21-11-13-27(2)20(15-21)16-24(30)26-22-9-10-25(28(22,3)14-12-23(26)27)31-17-19-7-5-4-6-8-19/h4-8,16,21-23,25-26H,9-15,17H2,1-3H3/t21-,22+,23+,25-,26+,27+,28+/m1/s1. The van der Waals surface area contributed by atoms with Gasteiger partial charge in [-0.05, 0) is 72.8 Å². The molecule has 0 aromatic heterocycles. The smallest absolute Gasteiger partial charge is 0.302 e. The van der Waals surface area contributed by atoms with Crippen LogP contribution in [0, 0.1) is 28.6 Å². The highest BCUT2D eigenvalue weighted by Gasteiger charge is 2.61. The number of fused-ring (bicyclic) bond motifs is 5. The molecule has 4 aliphatic carbocycles. The van der Waals surface area contributed by atoms with Gasteiger partial charge in [-0.1, -0.05) is 49.8 Å². The molecule has 0 saturated heterocycles. The molecule has 0 amide bonds. The van der Waals surface area contributed by atoms with Gasteiger partial charge in [-0.25, -0.2) is 0 Å². The summed E-state index contributed by atoms with van der Waals surface area (Å²) in [5, 5.41) is 0. The number of carbonyl (C=O) groups is 2. The normalized spacial score (nSPS) is 40.7. The van der Waals surface area contributed by atoms with Gasteiger partial charge in [-0.15, -0.1) is 0 Å². The first-order chi connectivity index (χ1) is 15.3. The molecule has 0 spiro atoms. The number of ether oxygens (including phenoxy) is 2. The molecular formula is C28H36O4. The predicted molar refractivity (Wildman–Crippen MR) is 123 cm³/mol. The summed E-state index contributed by atoms with van der Waals surface area (Å²) in [5.41, 5.74) is 2.56. The minimum atomic E-state index is -0.222. The lowest BCUT2D eigenvalue weighted by Crippen LogP contribution is -2.54. The van der Waals surface area contributed by atoms with Gasteiger partial charge in [0.15, 0.2) is 5.78 Å². The van der Waals surface area contributed by atoms with Crippen molar-refractivity contribution in [2.24, 2.45) is 28.6 Å². The Morgan fingerprint density at radius 1 is 1.03 bits per heavy atom. The van der Waals surface area contributed by atoms with Crippen LogP contribution in [-0.2, 0) is 25.7 Å². The molecule has 0 unspecified atom stereocenters. The fraction of sp³-hybridized carbons (Fsp3) is 0.643. The molecule has 3 saturated carbocycles. The van der Waals surface area contributed by atoms with Crippen LogP contribution in [0.4, 0.5) is 0 Å². The topological polar surface area (TPSA) is 52.6 Å². The minimum Gasteiger partial charge on any atom is -0.462 e. The van der Waals surface area contributed by atoms with Gasteiger partial charge in [-0.3, -0.25) is 9.59 Å². The molecule has 4 heteroatoms. The Morgan fingerprint density at radius 2 is 1.81 bits per heavy atom. The molecule has 32 heavy (non-hydrogen) atoms. The summed E-state index contributed by atoms with van der Waals surface area (Å²) in [7, 11) is 0. The van der Waals surface area contributed by atoms with Crippen molar-refractivity contribution in [3.8, 4) is 0 Å². The number of esters is 1. The van der Waals surface area contributed by atoms with Gasteiger partial charge < -0.3 is 9.47 Å². The molecule has 4 nitrogen and oxygen atoms in total. The summed E-state index contributed by atoms with van der Waals surface area (Å²) in [6.07, 6.45) is 9.05. The summed E-state index contributed by atoms with van der Waals surface area (Å²) in [5.74, 6) is 0.999. The third kappa shape index (κ3) is 3.55. The average molecular weight is 437 g/mol. The molecule has 0 bridgehead atoms. The van der Waals surface area contributed by atoms with Crippen molar-refractivity contribution >= 4 is 11.8 Å². The summed E-state index contributed by atoms with van der Waals surface area (Å²) in [6.45, 7) is 6.87. The molecule has 5 rings (SSSR count). The zero-order chi connectivity index (χ0) is 22.5. The van der Waals surface area contributed by atoms with Crippen molar-refractivity contribution in [3.63, 3.8) is 0 Å². The third-order valence-corrected chi connectivity index (χ3v) is 9.44. The zero-order valence-corrected chi connectivity index (χ0v) is 19.6. The van der Waals surface area contributed by atoms with E-state index in [2.05, 4.69) is 38.1 Å². The molecule has 0 aliphatic heterocycles. The van der Waals surface area contributed by atoms with E-state index < -0.39 is 0 Å². The fourth-order valence-electron chi connectivity index (χ4n) is 7.70. The second-order valence-corrected chi connectivity index (χ2v) is 11.1. The molecule has 3 fully saturated rings. The van der Waals surface area contributed by atoms with Crippen LogP contribution >= 0.6 is 0 Å². The van der Waals surface area contributed by atoms with E-state index in [-0.39, 0.29) is 34.9 Å². The largest absolute Gasteiger partial charge is 0.462 e. The number of carbonyl (C=O) groups excluding carboxylic acids is 2. The maximum atomic E-state index is 13.5. The van der Waals surface area contributed by atoms with E-state index in [9.17, 15) is 9.59 Å². The summed E-state index contributed by atoms with van der Waals surface area (Å²) < 4.78 is 12.0. The lowest BCUT2D eigenvalue weighted by molar-refractivity contribution is -0.150. The van der Waals surface area contributed by atoms with Gasteiger partial charge in [-0.2, -0.15) is 0 Å². The second-order valence-electron chi connectivity index (χ2n) is 11.1. The van der Waals surface area contributed by atoms with Crippen LogP contribution in [-0.4, -0.2) is 24.0 Å². The molecule has 0 radical (unpaired) electrons. The van der Waals surface area contributed by atoms with E-state index in [4.69, 9.17) is 9.47 Å². The highest BCUT2D eigenvalue weighted by Crippen LogP contribution is 2.64. The van der Waals surface area contributed by atoms with Gasteiger partial charge in [0.2, 0.25) is 0 Å². The maximum Gasteiger partial charge on any atom is 0.302 e.